The summed E-state index contributed by atoms with van der Waals surface area (Å²) in [4.78, 5) is 22.3. The Hall–Kier alpha value is -2.73. The molecule has 0 radical (unpaired) electrons. The molecule has 118 valence electrons. The third-order valence-corrected chi connectivity index (χ3v) is 3.88. The van der Waals surface area contributed by atoms with Crippen molar-refractivity contribution in [1.82, 2.24) is 5.32 Å². The van der Waals surface area contributed by atoms with Crippen LogP contribution >= 0.6 is 0 Å². The summed E-state index contributed by atoms with van der Waals surface area (Å²) in [5.41, 5.74) is 2.70. The van der Waals surface area contributed by atoms with Gasteiger partial charge in [-0.25, -0.2) is 0 Å². The van der Waals surface area contributed by atoms with E-state index in [4.69, 9.17) is 4.74 Å². The molecule has 0 unspecified atom stereocenters. The number of hydrogen-bond donors (Lipinski definition) is 1. The number of carbonyl (C=O) groups is 1. The number of carbonyl (C=O) groups excluding carboxylic acids is 1. The first-order valence-electron chi connectivity index (χ1n) is 7.37. The number of ether oxygens (including phenoxy) is 1. The number of rotatable bonds is 4. The highest BCUT2D eigenvalue weighted by molar-refractivity contribution is 5.94. The summed E-state index contributed by atoms with van der Waals surface area (Å²) in [5.74, 6) is -0.272. The summed E-state index contributed by atoms with van der Waals surface area (Å²) in [5, 5.41) is 13.4. The number of nitrogens with one attached hydrogen (secondary N) is 1. The van der Waals surface area contributed by atoms with Crippen molar-refractivity contribution in [3.8, 4) is 0 Å². The molecule has 1 aliphatic rings. The Morgan fingerprint density at radius 1 is 1.22 bits per heavy atom. The lowest BCUT2D eigenvalue weighted by molar-refractivity contribution is -0.384. The normalized spacial score (nSPS) is 16.4. The van der Waals surface area contributed by atoms with Gasteiger partial charge in [0.1, 0.15) is 6.10 Å². The lowest BCUT2D eigenvalue weighted by Crippen LogP contribution is -2.31. The minimum Gasteiger partial charge on any atom is -0.371 e. The van der Waals surface area contributed by atoms with Crippen molar-refractivity contribution in [2.45, 2.75) is 12.5 Å². The molecule has 3 rings (SSSR count). The van der Waals surface area contributed by atoms with Gasteiger partial charge in [0.25, 0.3) is 11.6 Å². The highest BCUT2D eigenvalue weighted by Crippen LogP contribution is 2.26. The molecule has 1 amide bonds. The first-order valence-corrected chi connectivity index (χ1v) is 7.37. The van der Waals surface area contributed by atoms with Crippen molar-refractivity contribution in [3.05, 3.63) is 75.3 Å². The van der Waals surface area contributed by atoms with Crippen LogP contribution < -0.4 is 5.32 Å². The third kappa shape index (κ3) is 3.37. The molecule has 1 aliphatic heterocycles. The molecule has 0 spiro atoms. The molecule has 1 N–H and O–H groups in total. The molecule has 0 aromatic heterocycles. The molecular formula is C17H16N2O4. The monoisotopic (exact) mass is 312 g/mol. The van der Waals surface area contributed by atoms with Gasteiger partial charge in [0.05, 0.1) is 11.5 Å². The number of hydrogen-bond acceptors (Lipinski definition) is 4. The third-order valence-electron chi connectivity index (χ3n) is 3.88. The van der Waals surface area contributed by atoms with Crippen LogP contribution in [0.3, 0.4) is 0 Å². The Kier molecular flexibility index (Phi) is 4.34. The van der Waals surface area contributed by atoms with Crippen LogP contribution in [0, 0.1) is 10.1 Å². The van der Waals surface area contributed by atoms with E-state index in [0.717, 1.165) is 12.0 Å². The van der Waals surface area contributed by atoms with Crippen LogP contribution in [0.1, 0.15) is 27.6 Å². The van der Waals surface area contributed by atoms with Gasteiger partial charge in [-0.1, -0.05) is 24.3 Å². The molecule has 2 aromatic rings. The van der Waals surface area contributed by atoms with Gasteiger partial charge in [-0.15, -0.1) is 0 Å². The second-order valence-corrected chi connectivity index (χ2v) is 5.32. The second kappa shape index (κ2) is 6.58. The van der Waals surface area contributed by atoms with Crippen LogP contribution in [-0.4, -0.2) is 24.0 Å². The van der Waals surface area contributed by atoms with E-state index in [1.54, 1.807) is 0 Å². The first-order chi connectivity index (χ1) is 11.1. The molecule has 1 atom stereocenters. The molecular weight excluding hydrogens is 296 g/mol. The zero-order valence-electron chi connectivity index (χ0n) is 12.4. The van der Waals surface area contributed by atoms with Gasteiger partial charge < -0.3 is 10.1 Å². The van der Waals surface area contributed by atoms with E-state index in [1.807, 2.05) is 18.2 Å². The number of nitro groups is 1. The number of nitro benzene ring substituents is 1. The minimum absolute atomic E-state index is 0.0360. The number of nitrogens with zero attached hydrogens (tertiary/aromatic N) is 1. The van der Waals surface area contributed by atoms with E-state index in [-0.39, 0.29) is 17.7 Å². The van der Waals surface area contributed by atoms with E-state index in [0.29, 0.717) is 18.7 Å². The maximum atomic E-state index is 12.1. The summed E-state index contributed by atoms with van der Waals surface area (Å²) in [6.07, 6.45) is 0.713. The van der Waals surface area contributed by atoms with Gasteiger partial charge in [-0.05, 0) is 29.7 Å². The Labute approximate surface area is 133 Å². The summed E-state index contributed by atoms with van der Waals surface area (Å²) in [6, 6.07) is 13.6. The fourth-order valence-electron chi connectivity index (χ4n) is 2.67. The molecule has 1 heterocycles. The van der Waals surface area contributed by atoms with Crippen molar-refractivity contribution >= 4 is 11.6 Å². The fourth-order valence-corrected chi connectivity index (χ4v) is 2.67. The van der Waals surface area contributed by atoms with E-state index in [9.17, 15) is 14.9 Å². The van der Waals surface area contributed by atoms with E-state index in [1.165, 1.54) is 29.8 Å². The van der Waals surface area contributed by atoms with Gasteiger partial charge >= 0.3 is 0 Å². The van der Waals surface area contributed by atoms with Crippen molar-refractivity contribution in [2.24, 2.45) is 0 Å². The summed E-state index contributed by atoms with van der Waals surface area (Å²) >= 11 is 0. The van der Waals surface area contributed by atoms with Crippen molar-refractivity contribution in [3.63, 3.8) is 0 Å². The molecule has 0 aliphatic carbocycles. The molecule has 0 fully saturated rings. The fraction of sp³-hybridized carbons (Fsp3) is 0.235. The van der Waals surface area contributed by atoms with Gasteiger partial charge in [-0.3, -0.25) is 14.9 Å². The van der Waals surface area contributed by atoms with Crippen LogP contribution in [0.2, 0.25) is 0 Å². The Balaban J connectivity index is 1.64. The molecule has 6 nitrogen and oxygen atoms in total. The summed E-state index contributed by atoms with van der Waals surface area (Å²) < 4.78 is 5.74. The topological polar surface area (TPSA) is 81.5 Å². The van der Waals surface area contributed by atoms with E-state index >= 15 is 0 Å². The Morgan fingerprint density at radius 3 is 2.70 bits per heavy atom. The van der Waals surface area contributed by atoms with Crippen LogP contribution in [0.4, 0.5) is 5.69 Å². The smallest absolute Gasteiger partial charge is 0.269 e. The van der Waals surface area contributed by atoms with Gasteiger partial charge in [0.2, 0.25) is 0 Å². The average molecular weight is 312 g/mol. The maximum absolute atomic E-state index is 12.1. The Morgan fingerprint density at radius 2 is 1.96 bits per heavy atom. The minimum atomic E-state index is -0.492. The first kappa shape index (κ1) is 15.2. The van der Waals surface area contributed by atoms with Crippen LogP contribution in [0.15, 0.2) is 48.5 Å². The predicted octanol–water partition coefficient (Wildman–Crippen LogP) is 2.64. The average Bonchev–Trinajstić information content (AvgIpc) is 2.59. The van der Waals surface area contributed by atoms with Gasteiger partial charge in [-0.2, -0.15) is 0 Å². The van der Waals surface area contributed by atoms with Crippen LogP contribution in [0.5, 0.6) is 0 Å². The number of non-ortho nitro benzene ring substituents is 1. The van der Waals surface area contributed by atoms with Gasteiger partial charge in [0, 0.05) is 24.2 Å². The molecule has 23 heavy (non-hydrogen) atoms. The largest absolute Gasteiger partial charge is 0.371 e. The number of fused-ring (bicyclic) bond motifs is 1. The summed E-state index contributed by atoms with van der Waals surface area (Å²) in [7, 11) is 0. The molecule has 2 aromatic carbocycles. The van der Waals surface area contributed by atoms with E-state index < -0.39 is 4.92 Å². The number of amides is 1. The standard InChI is InChI=1S/C17H16N2O4/c20-17(13-5-7-14(8-6-13)19(21)22)18-11-16-15-4-2-1-3-12(15)9-10-23-16/h1-8,16H,9-11H2,(H,18,20)/t16-/m1/s1. The summed E-state index contributed by atoms with van der Waals surface area (Å²) in [6.45, 7) is 1.00. The Bertz CT molecular complexity index is 728. The highest BCUT2D eigenvalue weighted by Gasteiger charge is 2.21. The maximum Gasteiger partial charge on any atom is 0.269 e. The highest BCUT2D eigenvalue weighted by atomic mass is 16.6. The molecule has 0 saturated heterocycles. The quantitative estimate of drug-likeness (QED) is 0.695. The van der Waals surface area contributed by atoms with Gasteiger partial charge in [0.15, 0.2) is 0 Å². The predicted molar refractivity (Wildman–Crippen MR) is 84.3 cm³/mol. The van der Waals surface area contributed by atoms with Crippen LogP contribution in [0.25, 0.3) is 0 Å². The van der Waals surface area contributed by atoms with E-state index in [2.05, 4.69) is 11.4 Å². The second-order valence-electron chi connectivity index (χ2n) is 5.32. The molecule has 0 bridgehead atoms. The van der Waals surface area contributed by atoms with Crippen molar-refractivity contribution < 1.29 is 14.5 Å². The lowest BCUT2D eigenvalue weighted by Gasteiger charge is -2.26. The molecule has 6 heteroatoms. The SMILES string of the molecule is O=C(NC[C@H]1OCCc2ccccc21)c1ccc([N+](=O)[O-])cc1. The number of benzene rings is 2. The zero-order chi connectivity index (χ0) is 16.2. The van der Waals surface area contributed by atoms with Crippen LogP contribution in [-0.2, 0) is 11.2 Å². The van der Waals surface area contributed by atoms with Crippen molar-refractivity contribution in [2.75, 3.05) is 13.2 Å². The molecule has 0 saturated carbocycles. The van der Waals surface area contributed by atoms with Crippen molar-refractivity contribution in [1.29, 1.82) is 0 Å². The lowest BCUT2D eigenvalue weighted by atomic mass is 9.97. The zero-order valence-corrected chi connectivity index (χ0v) is 12.4.